The number of carbonyl (C=O) groups is 2. The van der Waals surface area contributed by atoms with E-state index in [0.29, 0.717) is 6.54 Å². The number of likely N-dealkylation sites (tertiary alicyclic amines) is 1. The topological polar surface area (TPSA) is 61.4 Å². The summed E-state index contributed by atoms with van der Waals surface area (Å²) < 4.78 is 0. The third kappa shape index (κ3) is 4.12. The Morgan fingerprint density at radius 2 is 1.56 bits per heavy atom. The Balaban J connectivity index is 1.17. The van der Waals surface area contributed by atoms with Crippen LogP contribution in [0.3, 0.4) is 0 Å². The molecule has 1 spiro atoms. The van der Waals surface area contributed by atoms with Crippen LogP contribution >= 0.6 is 0 Å². The van der Waals surface area contributed by atoms with Crippen LogP contribution in [-0.4, -0.2) is 42.9 Å². The minimum absolute atomic E-state index is 0.0443. The first-order chi connectivity index (χ1) is 15.6. The van der Waals surface area contributed by atoms with Crippen molar-refractivity contribution in [1.29, 1.82) is 0 Å². The minimum Gasteiger partial charge on any atom is -0.356 e. The molecule has 1 aliphatic heterocycles. The number of nitrogens with zero attached hydrogens (tertiary/aromatic N) is 1. The van der Waals surface area contributed by atoms with Gasteiger partial charge in [-0.1, -0.05) is 42.0 Å². The Kier molecular flexibility index (Phi) is 6.11. The van der Waals surface area contributed by atoms with Gasteiger partial charge in [-0.25, -0.2) is 0 Å². The molecule has 1 saturated heterocycles. The molecular formula is C27H37N3O2. The first kappa shape index (κ1) is 21.7. The fraction of sp³-hybridized carbons (Fsp3) is 0.630. The molecular weight excluding hydrogens is 398 g/mol. The van der Waals surface area contributed by atoms with Crippen molar-refractivity contribution in [3.05, 3.63) is 47.5 Å². The molecule has 0 radical (unpaired) electrons. The fourth-order valence-corrected chi connectivity index (χ4v) is 6.52. The summed E-state index contributed by atoms with van der Waals surface area (Å²) in [5.41, 5.74) is 2.50. The molecule has 3 fully saturated rings. The van der Waals surface area contributed by atoms with E-state index >= 15 is 0 Å². The summed E-state index contributed by atoms with van der Waals surface area (Å²) in [5, 5.41) is 6.34. The normalized spacial score (nSPS) is 29.5. The van der Waals surface area contributed by atoms with Crippen molar-refractivity contribution in [2.24, 2.45) is 29.1 Å². The molecule has 32 heavy (non-hydrogen) atoms. The quantitative estimate of drug-likeness (QED) is 0.461. The molecule has 2 saturated carbocycles. The van der Waals surface area contributed by atoms with E-state index in [1.807, 2.05) is 0 Å². The number of unbranched alkanes of at least 4 members (excludes halogenated alkanes) is 1. The molecule has 5 nitrogen and oxygen atoms in total. The van der Waals surface area contributed by atoms with Gasteiger partial charge in [-0.2, -0.15) is 0 Å². The molecule has 1 heterocycles. The Hall–Kier alpha value is -2.14. The number of aryl methyl sites for hydroxylation is 1. The molecule has 1 aromatic rings. The van der Waals surface area contributed by atoms with Crippen LogP contribution < -0.4 is 10.6 Å². The van der Waals surface area contributed by atoms with Crippen molar-refractivity contribution in [2.45, 2.75) is 52.0 Å². The van der Waals surface area contributed by atoms with Crippen molar-refractivity contribution < 1.29 is 9.59 Å². The van der Waals surface area contributed by atoms with Gasteiger partial charge in [-0.05, 0) is 87.9 Å². The maximum Gasteiger partial charge on any atom is 0.224 e. The number of benzene rings is 1. The van der Waals surface area contributed by atoms with Crippen LogP contribution in [0.15, 0.2) is 36.4 Å². The number of allylic oxidation sites excluding steroid dienone is 2. The highest BCUT2D eigenvalue weighted by atomic mass is 16.2. The van der Waals surface area contributed by atoms with Gasteiger partial charge < -0.3 is 15.5 Å². The lowest BCUT2D eigenvalue weighted by Gasteiger charge is -2.26. The highest BCUT2D eigenvalue weighted by Crippen LogP contribution is 2.72. The van der Waals surface area contributed by atoms with Crippen molar-refractivity contribution in [2.75, 3.05) is 26.2 Å². The van der Waals surface area contributed by atoms with Crippen molar-refractivity contribution in [1.82, 2.24) is 15.5 Å². The van der Waals surface area contributed by atoms with E-state index in [0.717, 1.165) is 44.3 Å². The predicted molar refractivity (Wildman–Crippen MR) is 126 cm³/mol. The van der Waals surface area contributed by atoms with Gasteiger partial charge in [0.05, 0.1) is 11.8 Å². The van der Waals surface area contributed by atoms with E-state index in [9.17, 15) is 9.59 Å². The van der Waals surface area contributed by atoms with Gasteiger partial charge in [0.15, 0.2) is 0 Å². The van der Waals surface area contributed by atoms with E-state index in [2.05, 4.69) is 58.9 Å². The SMILES string of the molecule is Cc1ccc(CNC(=O)[C@H]2[C@H](C(=O)NCCCCN3CCCC3)[C@H]3C=C[C@H]2C32CC2)cc1. The fourth-order valence-electron chi connectivity index (χ4n) is 6.52. The first-order valence-electron chi connectivity index (χ1n) is 12.6. The molecule has 5 rings (SSSR count). The molecule has 2 N–H and O–H groups in total. The van der Waals surface area contributed by atoms with Crippen LogP contribution in [0.1, 0.15) is 49.7 Å². The Morgan fingerprint density at radius 1 is 0.938 bits per heavy atom. The number of carbonyl (C=O) groups excluding carboxylic acids is 2. The lowest BCUT2D eigenvalue weighted by molar-refractivity contribution is -0.135. The smallest absolute Gasteiger partial charge is 0.224 e. The maximum atomic E-state index is 13.3. The maximum absolute atomic E-state index is 13.3. The first-order valence-corrected chi connectivity index (χ1v) is 12.6. The minimum atomic E-state index is -0.234. The van der Waals surface area contributed by atoms with E-state index in [-0.39, 0.29) is 40.9 Å². The largest absolute Gasteiger partial charge is 0.356 e. The number of nitrogens with one attached hydrogen (secondary N) is 2. The van der Waals surface area contributed by atoms with Gasteiger partial charge in [0.1, 0.15) is 0 Å². The summed E-state index contributed by atoms with van der Waals surface area (Å²) in [6, 6.07) is 8.26. The van der Waals surface area contributed by atoms with Crippen LogP contribution in [0.4, 0.5) is 0 Å². The third-order valence-electron chi connectivity index (χ3n) is 8.43. The van der Waals surface area contributed by atoms with Crippen molar-refractivity contribution in [3.8, 4) is 0 Å². The Bertz CT molecular complexity index is 867. The van der Waals surface area contributed by atoms with E-state index in [1.165, 1.54) is 31.5 Å². The van der Waals surface area contributed by atoms with E-state index < -0.39 is 0 Å². The molecule has 172 valence electrons. The van der Waals surface area contributed by atoms with Gasteiger partial charge in [-0.3, -0.25) is 9.59 Å². The molecule has 2 amide bonds. The van der Waals surface area contributed by atoms with Crippen LogP contribution in [0.5, 0.6) is 0 Å². The lowest BCUT2D eigenvalue weighted by Crippen LogP contribution is -2.44. The van der Waals surface area contributed by atoms with Crippen LogP contribution in [0.25, 0.3) is 0 Å². The second kappa shape index (κ2) is 9.01. The average molecular weight is 436 g/mol. The second-order valence-electron chi connectivity index (χ2n) is 10.5. The summed E-state index contributed by atoms with van der Waals surface area (Å²) in [7, 11) is 0. The van der Waals surface area contributed by atoms with E-state index in [1.54, 1.807) is 0 Å². The monoisotopic (exact) mass is 435 g/mol. The highest BCUT2D eigenvalue weighted by Gasteiger charge is 2.69. The summed E-state index contributed by atoms with van der Waals surface area (Å²) >= 11 is 0. The van der Waals surface area contributed by atoms with Crippen molar-refractivity contribution >= 4 is 11.8 Å². The summed E-state index contributed by atoms with van der Waals surface area (Å²) in [5.74, 6) is 0.128. The average Bonchev–Trinajstić information content (AvgIpc) is 3.16. The number of hydrogen-bond donors (Lipinski definition) is 2. The van der Waals surface area contributed by atoms with Crippen LogP contribution in [0.2, 0.25) is 0 Å². The Labute approximate surface area is 192 Å². The number of hydrogen-bond acceptors (Lipinski definition) is 3. The molecule has 3 aliphatic carbocycles. The molecule has 2 bridgehead atoms. The second-order valence-corrected chi connectivity index (χ2v) is 10.5. The molecule has 5 heteroatoms. The standard InChI is InChI=1S/C27H37N3O2/c1-19-6-8-20(9-7-19)18-29-26(32)24-22-11-10-21(27(22)12-13-27)23(24)25(31)28-14-2-3-15-30-16-4-5-17-30/h6-11,21-24H,2-5,12-18H2,1H3,(H,28,31)(H,29,32)/t21-,22-,23-,24-/m1/s1. The van der Waals surface area contributed by atoms with Crippen LogP contribution in [-0.2, 0) is 16.1 Å². The molecule has 0 unspecified atom stereocenters. The number of amides is 2. The predicted octanol–water partition coefficient (Wildman–Crippen LogP) is 3.43. The Morgan fingerprint density at radius 3 is 2.19 bits per heavy atom. The van der Waals surface area contributed by atoms with Crippen LogP contribution in [0, 0.1) is 36.0 Å². The summed E-state index contributed by atoms with van der Waals surface area (Å²) in [6.45, 7) is 6.90. The summed E-state index contributed by atoms with van der Waals surface area (Å²) in [6.07, 6.45) is 11.5. The van der Waals surface area contributed by atoms with Gasteiger partial charge in [-0.15, -0.1) is 0 Å². The summed E-state index contributed by atoms with van der Waals surface area (Å²) in [4.78, 5) is 29.1. The highest BCUT2D eigenvalue weighted by molar-refractivity contribution is 5.90. The number of rotatable bonds is 9. The van der Waals surface area contributed by atoms with Gasteiger partial charge in [0.2, 0.25) is 11.8 Å². The third-order valence-corrected chi connectivity index (χ3v) is 8.43. The van der Waals surface area contributed by atoms with Gasteiger partial charge in [0, 0.05) is 13.1 Å². The molecule has 0 aromatic heterocycles. The van der Waals surface area contributed by atoms with E-state index in [4.69, 9.17) is 0 Å². The molecule has 1 aromatic carbocycles. The lowest BCUT2D eigenvalue weighted by atomic mass is 9.81. The van der Waals surface area contributed by atoms with Crippen molar-refractivity contribution in [3.63, 3.8) is 0 Å². The zero-order valence-corrected chi connectivity index (χ0v) is 19.3. The molecule has 4 atom stereocenters. The van der Waals surface area contributed by atoms with Gasteiger partial charge >= 0.3 is 0 Å². The molecule has 4 aliphatic rings. The van der Waals surface area contributed by atoms with Gasteiger partial charge in [0.25, 0.3) is 0 Å². The zero-order chi connectivity index (χ0) is 22.1. The zero-order valence-electron chi connectivity index (χ0n) is 19.3.